The smallest absolute Gasteiger partial charge is 0.305 e. The predicted octanol–water partition coefficient (Wildman–Crippen LogP) is 2.57. The SMILES string of the molecule is COC(=O)CCC(=O)c1cc(I)ccc1F. The molecule has 1 aromatic carbocycles. The highest BCUT2D eigenvalue weighted by atomic mass is 127. The summed E-state index contributed by atoms with van der Waals surface area (Å²) in [5.41, 5.74) is 0.0239. The molecule has 86 valence electrons. The molecule has 16 heavy (non-hydrogen) atoms. The van der Waals surface area contributed by atoms with Gasteiger partial charge in [0.05, 0.1) is 19.1 Å². The van der Waals surface area contributed by atoms with E-state index in [0.29, 0.717) is 0 Å². The van der Waals surface area contributed by atoms with Crippen LogP contribution >= 0.6 is 22.6 Å². The molecule has 0 saturated heterocycles. The molecule has 0 amide bonds. The number of carbonyl (C=O) groups excluding carboxylic acids is 2. The van der Waals surface area contributed by atoms with Gasteiger partial charge in [0.15, 0.2) is 5.78 Å². The van der Waals surface area contributed by atoms with E-state index in [4.69, 9.17) is 0 Å². The van der Waals surface area contributed by atoms with Crippen molar-refractivity contribution in [1.82, 2.24) is 0 Å². The van der Waals surface area contributed by atoms with Crippen LogP contribution in [0.3, 0.4) is 0 Å². The first kappa shape index (κ1) is 13.1. The number of halogens is 2. The number of benzene rings is 1. The Hall–Kier alpha value is -0.980. The van der Waals surface area contributed by atoms with Crippen LogP contribution in [0.1, 0.15) is 23.2 Å². The number of hydrogen-bond donors (Lipinski definition) is 0. The molecule has 0 N–H and O–H groups in total. The summed E-state index contributed by atoms with van der Waals surface area (Å²) in [5, 5.41) is 0. The Morgan fingerprint density at radius 2 is 2.06 bits per heavy atom. The standard InChI is InChI=1S/C11H10FIO3/c1-16-11(15)5-4-10(14)8-6-7(13)2-3-9(8)12/h2-3,6H,4-5H2,1H3. The summed E-state index contributed by atoms with van der Waals surface area (Å²) in [7, 11) is 1.25. The van der Waals surface area contributed by atoms with Crippen LogP contribution in [0.15, 0.2) is 18.2 Å². The molecule has 0 heterocycles. The van der Waals surface area contributed by atoms with Gasteiger partial charge in [0.1, 0.15) is 5.82 Å². The number of rotatable bonds is 4. The highest BCUT2D eigenvalue weighted by molar-refractivity contribution is 14.1. The fraction of sp³-hybridized carbons (Fsp3) is 0.273. The molecule has 0 aliphatic carbocycles. The third kappa shape index (κ3) is 3.55. The van der Waals surface area contributed by atoms with Crippen LogP contribution in [0.25, 0.3) is 0 Å². The van der Waals surface area contributed by atoms with E-state index in [9.17, 15) is 14.0 Å². The Morgan fingerprint density at radius 3 is 2.69 bits per heavy atom. The molecule has 0 aliphatic heterocycles. The number of carbonyl (C=O) groups is 2. The fourth-order valence-electron chi connectivity index (χ4n) is 1.16. The second-order valence-electron chi connectivity index (χ2n) is 3.12. The molecule has 0 radical (unpaired) electrons. The zero-order chi connectivity index (χ0) is 12.1. The maximum absolute atomic E-state index is 13.3. The van der Waals surface area contributed by atoms with Gasteiger partial charge in [-0.1, -0.05) is 0 Å². The lowest BCUT2D eigenvalue weighted by atomic mass is 10.1. The summed E-state index contributed by atoms with van der Waals surface area (Å²) in [6.07, 6.45) is -0.0655. The van der Waals surface area contributed by atoms with Crippen LogP contribution < -0.4 is 0 Å². The summed E-state index contributed by atoms with van der Waals surface area (Å²) in [4.78, 5) is 22.4. The number of hydrogen-bond acceptors (Lipinski definition) is 3. The normalized spacial score (nSPS) is 9.94. The van der Waals surface area contributed by atoms with Crippen molar-refractivity contribution < 1.29 is 18.7 Å². The average molecular weight is 336 g/mol. The second-order valence-corrected chi connectivity index (χ2v) is 4.37. The maximum atomic E-state index is 13.3. The molecular formula is C11H10FIO3. The van der Waals surface area contributed by atoms with Crippen molar-refractivity contribution in [1.29, 1.82) is 0 Å². The minimum absolute atomic E-state index is 0.0239. The van der Waals surface area contributed by atoms with E-state index in [2.05, 4.69) is 4.74 Å². The van der Waals surface area contributed by atoms with Crippen LogP contribution in [0.2, 0.25) is 0 Å². The maximum Gasteiger partial charge on any atom is 0.305 e. The Balaban J connectivity index is 2.73. The number of ether oxygens (including phenoxy) is 1. The topological polar surface area (TPSA) is 43.4 Å². The third-order valence-corrected chi connectivity index (χ3v) is 2.68. The number of Topliss-reactive ketones (excluding diaryl/α,β-unsaturated/α-hetero) is 1. The van der Waals surface area contributed by atoms with Gasteiger partial charge in [-0.25, -0.2) is 4.39 Å². The molecule has 0 aliphatic rings. The Kier molecular flexibility index (Phi) is 4.85. The van der Waals surface area contributed by atoms with Gasteiger partial charge < -0.3 is 4.74 Å². The molecule has 0 unspecified atom stereocenters. The lowest BCUT2D eigenvalue weighted by Crippen LogP contribution is -2.07. The van der Waals surface area contributed by atoms with Gasteiger partial charge in [-0.3, -0.25) is 9.59 Å². The zero-order valence-electron chi connectivity index (χ0n) is 8.63. The van der Waals surface area contributed by atoms with Crippen LogP contribution in [0, 0.1) is 9.39 Å². The first-order chi connectivity index (χ1) is 7.54. The van der Waals surface area contributed by atoms with Gasteiger partial charge in [-0.05, 0) is 40.8 Å². The molecule has 0 saturated carbocycles. The molecule has 0 aromatic heterocycles. The summed E-state index contributed by atoms with van der Waals surface area (Å²) in [5.74, 6) is -1.42. The van der Waals surface area contributed by atoms with Crippen molar-refractivity contribution >= 4 is 34.3 Å². The highest BCUT2D eigenvalue weighted by Gasteiger charge is 2.13. The Labute approximate surface area is 106 Å². The largest absolute Gasteiger partial charge is 0.469 e. The van der Waals surface area contributed by atoms with Crippen LogP contribution in [-0.4, -0.2) is 18.9 Å². The predicted molar refractivity (Wildman–Crippen MR) is 64.7 cm³/mol. The number of methoxy groups -OCH3 is 1. The van der Waals surface area contributed by atoms with E-state index < -0.39 is 11.8 Å². The van der Waals surface area contributed by atoms with E-state index in [-0.39, 0.29) is 24.2 Å². The lowest BCUT2D eigenvalue weighted by Gasteiger charge is -2.02. The average Bonchev–Trinajstić information content (AvgIpc) is 2.28. The lowest BCUT2D eigenvalue weighted by molar-refractivity contribution is -0.140. The minimum Gasteiger partial charge on any atom is -0.469 e. The minimum atomic E-state index is -0.560. The van der Waals surface area contributed by atoms with Crippen LogP contribution in [0.4, 0.5) is 4.39 Å². The molecule has 1 aromatic rings. The van der Waals surface area contributed by atoms with Crippen molar-refractivity contribution in [3.8, 4) is 0 Å². The fourth-order valence-corrected chi connectivity index (χ4v) is 1.65. The number of esters is 1. The summed E-state index contributed by atoms with van der Waals surface area (Å²) in [6.45, 7) is 0. The summed E-state index contributed by atoms with van der Waals surface area (Å²) in [6, 6.07) is 4.29. The number of ketones is 1. The second kappa shape index (κ2) is 5.93. The quantitative estimate of drug-likeness (QED) is 0.482. The van der Waals surface area contributed by atoms with Crippen molar-refractivity contribution in [2.45, 2.75) is 12.8 Å². The summed E-state index contributed by atoms with van der Waals surface area (Å²) < 4.78 is 18.5. The third-order valence-electron chi connectivity index (χ3n) is 2.01. The van der Waals surface area contributed by atoms with Gasteiger partial charge in [-0.2, -0.15) is 0 Å². The monoisotopic (exact) mass is 336 g/mol. The van der Waals surface area contributed by atoms with Gasteiger partial charge in [0.2, 0.25) is 0 Å². The molecule has 1 rings (SSSR count). The van der Waals surface area contributed by atoms with E-state index in [1.807, 2.05) is 22.6 Å². The molecule has 0 spiro atoms. The van der Waals surface area contributed by atoms with Crippen molar-refractivity contribution in [3.05, 3.63) is 33.1 Å². The molecule has 3 nitrogen and oxygen atoms in total. The first-order valence-electron chi connectivity index (χ1n) is 4.59. The van der Waals surface area contributed by atoms with Gasteiger partial charge in [0, 0.05) is 9.99 Å². The Morgan fingerprint density at radius 1 is 1.38 bits per heavy atom. The molecule has 0 bridgehead atoms. The van der Waals surface area contributed by atoms with Crippen molar-refractivity contribution in [2.75, 3.05) is 7.11 Å². The van der Waals surface area contributed by atoms with Gasteiger partial charge in [-0.15, -0.1) is 0 Å². The van der Waals surface area contributed by atoms with Crippen LogP contribution in [-0.2, 0) is 9.53 Å². The van der Waals surface area contributed by atoms with Crippen molar-refractivity contribution in [3.63, 3.8) is 0 Å². The highest BCUT2D eigenvalue weighted by Crippen LogP contribution is 2.15. The van der Waals surface area contributed by atoms with Gasteiger partial charge in [0.25, 0.3) is 0 Å². The molecule has 0 atom stereocenters. The van der Waals surface area contributed by atoms with E-state index in [1.165, 1.54) is 19.2 Å². The molecule has 5 heteroatoms. The van der Waals surface area contributed by atoms with Gasteiger partial charge >= 0.3 is 5.97 Å². The molecule has 0 fully saturated rings. The van der Waals surface area contributed by atoms with Crippen molar-refractivity contribution in [2.24, 2.45) is 0 Å². The van der Waals surface area contributed by atoms with E-state index >= 15 is 0 Å². The summed E-state index contributed by atoms with van der Waals surface area (Å²) >= 11 is 1.99. The van der Waals surface area contributed by atoms with E-state index in [0.717, 1.165) is 3.57 Å². The first-order valence-corrected chi connectivity index (χ1v) is 5.67. The zero-order valence-corrected chi connectivity index (χ0v) is 10.8. The molecular weight excluding hydrogens is 326 g/mol. The van der Waals surface area contributed by atoms with E-state index in [1.54, 1.807) is 6.07 Å². The van der Waals surface area contributed by atoms with Crippen LogP contribution in [0.5, 0.6) is 0 Å². The Bertz CT molecular complexity index is 418.